The summed E-state index contributed by atoms with van der Waals surface area (Å²) in [5.74, 6) is 1.23. The molecule has 0 fully saturated rings. The minimum atomic E-state index is 0.0986. The van der Waals surface area contributed by atoms with E-state index in [2.05, 4.69) is 10.3 Å². The Kier molecular flexibility index (Phi) is 4.07. The summed E-state index contributed by atoms with van der Waals surface area (Å²) in [5.41, 5.74) is 0. The van der Waals surface area contributed by atoms with E-state index >= 15 is 0 Å². The van der Waals surface area contributed by atoms with Crippen molar-refractivity contribution in [2.75, 3.05) is 11.9 Å². The Balaban J connectivity index is 2.55. The highest BCUT2D eigenvalue weighted by Gasteiger charge is 2.10. The minimum Gasteiger partial charge on any atom is -0.370 e. The minimum absolute atomic E-state index is 0.0986. The molecule has 0 saturated heterocycles. The molecule has 0 bridgehead atoms. The molecule has 0 unspecified atom stereocenters. The Morgan fingerprint density at radius 2 is 2.36 bits per heavy atom. The summed E-state index contributed by atoms with van der Waals surface area (Å²) in [6, 6.07) is 0. The molecule has 0 saturated carbocycles. The van der Waals surface area contributed by atoms with Crippen LogP contribution in [0.25, 0.3) is 0 Å². The van der Waals surface area contributed by atoms with Gasteiger partial charge < -0.3 is 5.32 Å². The van der Waals surface area contributed by atoms with Gasteiger partial charge in [-0.1, -0.05) is 13.8 Å². The molecule has 14 heavy (non-hydrogen) atoms. The van der Waals surface area contributed by atoms with Crippen molar-refractivity contribution in [2.24, 2.45) is 5.92 Å². The van der Waals surface area contributed by atoms with Gasteiger partial charge in [0.25, 0.3) is 0 Å². The second-order valence-corrected chi connectivity index (χ2v) is 4.40. The van der Waals surface area contributed by atoms with Gasteiger partial charge in [0.1, 0.15) is 16.6 Å². The Labute approximate surface area is 88.6 Å². The van der Waals surface area contributed by atoms with Crippen molar-refractivity contribution in [3.05, 3.63) is 10.4 Å². The number of hydrogen-bond acceptors (Lipinski definition) is 4. The average Bonchev–Trinajstić information content (AvgIpc) is 2.53. The Morgan fingerprint density at radius 3 is 2.93 bits per heavy atom. The molecule has 1 aromatic rings. The van der Waals surface area contributed by atoms with Gasteiger partial charge >= 0.3 is 0 Å². The molecule has 0 aliphatic rings. The summed E-state index contributed by atoms with van der Waals surface area (Å²) in [5, 5.41) is 5.97. The summed E-state index contributed by atoms with van der Waals surface area (Å²) in [6.07, 6.45) is 0.466. The van der Waals surface area contributed by atoms with Gasteiger partial charge in [-0.05, 0) is 6.92 Å². The molecule has 0 aromatic carbocycles. The molecule has 0 radical (unpaired) electrons. The summed E-state index contributed by atoms with van der Waals surface area (Å²) in [7, 11) is 0. The molecule has 0 amide bonds. The van der Waals surface area contributed by atoms with Crippen molar-refractivity contribution in [2.45, 2.75) is 27.2 Å². The van der Waals surface area contributed by atoms with Crippen LogP contribution in [0.1, 0.15) is 25.8 Å². The first-order chi connectivity index (χ1) is 6.63. The van der Waals surface area contributed by atoms with Crippen molar-refractivity contribution >= 4 is 22.9 Å². The monoisotopic (exact) mass is 212 g/mol. The van der Waals surface area contributed by atoms with E-state index in [-0.39, 0.29) is 11.7 Å². The van der Waals surface area contributed by atoms with Gasteiger partial charge in [0, 0.05) is 17.8 Å². The largest absolute Gasteiger partial charge is 0.370 e. The average molecular weight is 212 g/mol. The molecular weight excluding hydrogens is 196 g/mol. The first-order valence-electron chi connectivity index (χ1n) is 4.84. The first-order valence-corrected chi connectivity index (χ1v) is 5.72. The lowest BCUT2D eigenvalue weighted by Crippen LogP contribution is -2.10. The smallest absolute Gasteiger partial charge is 0.142 e. The summed E-state index contributed by atoms with van der Waals surface area (Å²) >= 11 is 1.54. The van der Waals surface area contributed by atoms with Crippen molar-refractivity contribution in [3.63, 3.8) is 0 Å². The Bertz CT molecular complexity index is 307. The van der Waals surface area contributed by atoms with Crippen LogP contribution >= 0.6 is 11.3 Å². The van der Waals surface area contributed by atoms with Crippen molar-refractivity contribution in [1.82, 2.24) is 4.98 Å². The van der Waals surface area contributed by atoms with Crippen LogP contribution in [0.5, 0.6) is 0 Å². The molecular formula is C10H16N2OS. The number of rotatable bonds is 5. The number of hydrogen-bond donors (Lipinski definition) is 1. The Hall–Kier alpha value is -0.900. The molecule has 0 aliphatic carbocycles. The van der Waals surface area contributed by atoms with Crippen LogP contribution in [0.3, 0.4) is 0 Å². The highest BCUT2D eigenvalue weighted by molar-refractivity contribution is 7.10. The number of anilines is 1. The van der Waals surface area contributed by atoms with E-state index in [1.807, 2.05) is 26.2 Å². The molecule has 1 N–H and O–H groups in total. The van der Waals surface area contributed by atoms with E-state index in [0.29, 0.717) is 6.42 Å². The highest BCUT2D eigenvalue weighted by atomic mass is 32.1. The van der Waals surface area contributed by atoms with Crippen molar-refractivity contribution < 1.29 is 4.79 Å². The van der Waals surface area contributed by atoms with Gasteiger partial charge in [0.05, 0.1) is 6.42 Å². The zero-order chi connectivity index (χ0) is 10.6. The SMILES string of the molecule is CCNc1csc(CC(=O)C(C)C)n1. The topological polar surface area (TPSA) is 42.0 Å². The summed E-state index contributed by atoms with van der Waals surface area (Å²) < 4.78 is 0. The number of thiazole rings is 1. The maximum Gasteiger partial charge on any atom is 0.142 e. The molecule has 1 heterocycles. The van der Waals surface area contributed by atoms with E-state index < -0.39 is 0 Å². The standard InChI is InChI=1S/C10H16N2OS/c1-4-11-9-6-14-10(12-9)5-8(13)7(2)3/h6-7,11H,4-5H2,1-3H3. The molecule has 0 spiro atoms. The first kappa shape index (κ1) is 11.2. The lowest BCUT2D eigenvalue weighted by molar-refractivity contribution is -0.121. The van der Waals surface area contributed by atoms with Gasteiger partial charge in [-0.25, -0.2) is 4.98 Å². The number of carbonyl (C=O) groups is 1. The normalized spacial score (nSPS) is 10.6. The molecule has 78 valence electrons. The van der Waals surface area contributed by atoms with Crippen LogP contribution in [0.2, 0.25) is 0 Å². The van der Waals surface area contributed by atoms with Crippen LogP contribution in [-0.4, -0.2) is 17.3 Å². The molecule has 0 aliphatic heterocycles. The van der Waals surface area contributed by atoms with Crippen molar-refractivity contribution in [3.8, 4) is 0 Å². The van der Waals surface area contributed by atoms with Gasteiger partial charge in [-0.2, -0.15) is 0 Å². The quantitative estimate of drug-likeness (QED) is 0.814. The fraction of sp³-hybridized carbons (Fsp3) is 0.600. The van der Waals surface area contributed by atoms with Gasteiger partial charge in [-0.3, -0.25) is 4.79 Å². The fourth-order valence-corrected chi connectivity index (χ4v) is 1.77. The fourth-order valence-electron chi connectivity index (χ4n) is 1.01. The van der Waals surface area contributed by atoms with Gasteiger partial charge in [-0.15, -0.1) is 11.3 Å². The van der Waals surface area contributed by atoms with E-state index in [0.717, 1.165) is 17.4 Å². The molecule has 0 atom stereocenters. The molecule has 3 nitrogen and oxygen atoms in total. The maximum absolute atomic E-state index is 11.4. The second-order valence-electron chi connectivity index (χ2n) is 3.45. The number of aromatic nitrogens is 1. The third-order valence-corrected chi connectivity index (χ3v) is 2.73. The zero-order valence-corrected chi connectivity index (χ0v) is 9.65. The third-order valence-electron chi connectivity index (χ3n) is 1.88. The van der Waals surface area contributed by atoms with E-state index in [1.54, 1.807) is 11.3 Å². The van der Waals surface area contributed by atoms with E-state index in [1.165, 1.54) is 0 Å². The maximum atomic E-state index is 11.4. The predicted molar refractivity (Wildman–Crippen MR) is 59.8 cm³/mol. The summed E-state index contributed by atoms with van der Waals surface area (Å²) in [4.78, 5) is 15.7. The number of ketones is 1. The third kappa shape index (κ3) is 3.10. The van der Waals surface area contributed by atoms with E-state index in [4.69, 9.17) is 0 Å². The second kappa shape index (κ2) is 5.10. The van der Waals surface area contributed by atoms with Crippen LogP contribution in [0.4, 0.5) is 5.82 Å². The molecule has 1 rings (SSSR count). The van der Waals surface area contributed by atoms with Crippen LogP contribution in [0, 0.1) is 5.92 Å². The van der Waals surface area contributed by atoms with Crippen LogP contribution in [-0.2, 0) is 11.2 Å². The molecule has 4 heteroatoms. The lowest BCUT2D eigenvalue weighted by atomic mass is 10.1. The number of Topliss-reactive ketones (excluding diaryl/α,β-unsaturated/α-hetero) is 1. The zero-order valence-electron chi connectivity index (χ0n) is 8.83. The van der Waals surface area contributed by atoms with Crippen LogP contribution in [0.15, 0.2) is 5.38 Å². The number of carbonyl (C=O) groups excluding carboxylic acids is 1. The van der Waals surface area contributed by atoms with Gasteiger partial charge in [0.15, 0.2) is 0 Å². The number of nitrogens with one attached hydrogen (secondary N) is 1. The van der Waals surface area contributed by atoms with Crippen molar-refractivity contribution in [1.29, 1.82) is 0 Å². The summed E-state index contributed by atoms with van der Waals surface area (Å²) in [6.45, 7) is 6.72. The number of nitrogens with zero attached hydrogens (tertiary/aromatic N) is 1. The van der Waals surface area contributed by atoms with Crippen LogP contribution < -0.4 is 5.32 Å². The lowest BCUT2D eigenvalue weighted by Gasteiger charge is -2.00. The predicted octanol–water partition coefficient (Wildman–Crippen LogP) is 2.34. The highest BCUT2D eigenvalue weighted by Crippen LogP contribution is 2.15. The molecule has 1 aromatic heterocycles. The van der Waals surface area contributed by atoms with E-state index in [9.17, 15) is 4.79 Å². The van der Waals surface area contributed by atoms with Gasteiger partial charge in [0.2, 0.25) is 0 Å². The Morgan fingerprint density at radius 1 is 1.64 bits per heavy atom.